The molecular weight excluding hydrogens is 372 g/mol. The average Bonchev–Trinajstić information content (AvgIpc) is 3.45. The number of aliphatic imine (C=N–C) groups is 1. The molecule has 0 atom stereocenters. The van der Waals surface area contributed by atoms with Crippen LogP contribution in [0.15, 0.2) is 46.4 Å². The lowest BCUT2D eigenvalue weighted by Gasteiger charge is -2.12. The molecule has 140 valence electrons. The van der Waals surface area contributed by atoms with Gasteiger partial charge in [0.1, 0.15) is 29.5 Å². The highest BCUT2D eigenvalue weighted by molar-refractivity contribution is 7.08. The van der Waals surface area contributed by atoms with Gasteiger partial charge in [0.05, 0.1) is 23.3 Å². The first-order valence-corrected chi connectivity index (χ1v) is 9.72. The van der Waals surface area contributed by atoms with Crippen LogP contribution in [0.25, 0.3) is 22.8 Å². The lowest BCUT2D eigenvalue weighted by atomic mass is 10.1. The van der Waals surface area contributed by atoms with Crippen molar-refractivity contribution < 1.29 is 0 Å². The van der Waals surface area contributed by atoms with Gasteiger partial charge in [0, 0.05) is 23.2 Å². The summed E-state index contributed by atoms with van der Waals surface area (Å²) in [6, 6.07) is 6.04. The summed E-state index contributed by atoms with van der Waals surface area (Å²) in [4.78, 5) is 16.8. The van der Waals surface area contributed by atoms with Gasteiger partial charge in [0.15, 0.2) is 0 Å². The van der Waals surface area contributed by atoms with Gasteiger partial charge in [-0.2, -0.15) is 11.3 Å². The number of aromatic nitrogens is 4. The number of hydrogen-bond donors (Lipinski definition) is 4. The predicted octanol–water partition coefficient (Wildman–Crippen LogP) is 2.74. The third-order valence-electron chi connectivity index (χ3n) is 4.67. The Morgan fingerprint density at radius 3 is 3.11 bits per heavy atom. The van der Waals surface area contributed by atoms with E-state index in [4.69, 9.17) is 16.5 Å². The lowest BCUT2D eigenvalue weighted by molar-refractivity contribution is 0.954. The van der Waals surface area contributed by atoms with Gasteiger partial charge >= 0.3 is 0 Å². The topological polar surface area (TPSA) is 123 Å². The molecule has 5 rings (SSSR count). The van der Waals surface area contributed by atoms with Crippen LogP contribution in [0.4, 0.5) is 11.5 Å². The molecule has 4 aromatic rings. The Kier molecular flexibility index (Phi) is 3.87. The van der Waals surface area contributed by atoms with Crippen LogP contribution in [0, 0.1) is 0 Å². The largest absolute Gasteiger partial charge is 0.383 e. The van der Waals surface area contributed by atoms with Gasteiger partial charge in [0.25, 0.3) is 0 Å². The summed E-state index contributed by atoms with van der Waals surface area (Å²) in [5.74, 6) is 1.49. The van der Waals surface area contributed by atoms with E-state index < -0.39 is 0 Å². The van der Waals surface area contributed by atoms with Gasteiger partial charge < -0.3 is 21.8 Å². The van der Waals surface area contributed by atoms with Gasteiger partial charge in [-0.05, 0) is 23.6 Å². The number of imidazole rings is 2. The standard InChI is InChI=1S/C19H18N8S/c20-18(17-19(21)27(10-24-17)11-5-7-28-9-11)23-8-15-25-14-4-3-13-12(16(14)26-15)2-1-6-22-13/h1-5,7,9-10,22H,6,8,21H2,(H2,20,23)(H,25,26). The van der Waals surface area contributed by atoms with Crippen LogP contribution in [-0.4, -0.2) is 31.9 Å². The minimum atomic E-state index is 0.288. The van der Waals surface area contributed by atoms with Crippen molar-refractivity contribution in [2.45, 2.75) is 6.54 Å². The van der Waals surface area contributed by atoms with Crippen LogP contribution in [-0.2, 0) is 6.54 Å². The van der Waals surface area contributed by atoms with Gasteiger partial charge in [0.2, 0.25) is 0 Å². The second-order valence-corrected chi connectivity index (χ2v) is 7.20. The third kappa shape index (κ3) is 2.72. The molecule has 1 aromatic carbocycles. The van der Waals surface area contributed by atoms with Gasteiger partial charge in [-0.3, -0.25) is 9.56 Å². The normalized spacial score (nSPS) is 13.6. The van der Waals surface area contributed by atoms with E-state index in [1.54, 1.807) is 22.2 Å². The maximum Gasteiger partial charge on any atom is 0.148 e. The predicted molar refractivity (Wildman–Crippen MR) is 114 cm³/mol. The molecule has 0 spiro atoms. The number of H-pyrrole nitrogens is 1. The van der Waals surface area contributed by atoms with Crippen LogP contribution < -0.4 is 16.8 Å². The number of thiophene rings is 1. The number of aromatic amines is 1. The van der Waals surface area contributed by atoms with Crippen molar-refractivity contribution in [2.75, 3.05) is 17.6 Å². The molecule has 0 saturated carbocycles. The van der Waals surface area contributed by atoms with Crippen molar-refractivity contribution in [1.82, 2.24) is 19.5 Å². The maximum absolute atomic E-state index is 6.21. The van der Waals surface area contributed by atoms with Gasteiger partial charge in [-0.25, -0.2) is 9.97 Å². The smallest absolute Gasteiger partial charge is 0.148 e. The Morgan fingerprint density at radius 2 is 2.25 bits per heavy atom. The first kappa shape index (κ1) is 16.6. The maximum atomic E-state index is 6.21. The fourth-order valence-corrected chi connectivity index (χ4v) is 3.91. The molecule has 1 aliphatic rings. The minimum absolute atomic E-state index is 0.288. The molecule has 0 aliphatic carbocycles. The van der Waals surface area contributed by atoms with E-state index in [0.717, 1.165) is 40.3 Å². The number of nitrogens with two attached hydrogens (primary N) is 2. The van der Waals surface area contributed by atoms with E-state index in [2.05, 4.69) is 38.5 Å². The van der Waals surface area contributed by atoms with Crippen LogP contribution >= 0.6 is 11.3 Å². The SMILES string of the molecule is NC(=NCc1nc2c3c(ccc2[nH]1)NCC=C3)c1ncn(-c2ccsc2)c1N. The zero-order chi connectivity index (χ0) is 19.1. The molecule has 3 aromatic heterocycles. The summed E-state index contributed by atoms with van der Waals surface area (Å²) in [7, 11) is 0. The van der Waals surface area contributed by atoms with E-state index in [9.17, 15) is 0 Å². The second kappa shape index (κ2) is 6.54. The fourth-order valence-electron chi connectivity index (χ4n) is 3.28. The molecule has 4 heterocycles. The molecule has 0 fully saturated rings. The zero-order valence-corrected chi connectivity index (χ0v) is 15.7. The first-order valence-electron chi connectivity index (χ1n) is 8.78. The average molecular weight is 390 g/mol. The van der Waals surface area contributed by atoms with Crippen LogP contribution in [0.3, 0.4) is 0 Å². The number of rotatable bonds is 4. The molecule has 6 N–H and O–H groups in total. The highest BCUT2D eigenvalue weighted by atomic mass is 32.1. The molecule has 0 radical (unpaired) electrons. The van der Waals surface area contributed by atoms with Crippen molar-refractivity contribution in [1.29, 1.82) is 0 Å². The Hall–Kier alpha value is -3.59. The first-order chi connectivity index (χ1) is 13.7. The zero-order valence-electron chi connectivity index (χ0n) is 14.9. The molecule has 9 heteroatoms. The number of nitrogens with zero attached hydrogens (tertiary/aromatic N) is 4. The van der Waals surface area contributed by atoms with Crippen LogP contribution in [0.5, 0.6) is 0 Å². The van der Waals surface area contributed by atoms with E-state index in [0.29, 0.717) is 18.1 Å². The summed E-state index contributed by atoms with van der Waals surface area (Å²) >= 11 is 1.59. The molecule has 0 amide bonds. The van der Waals surface area contributed by atoms with Crippen LogP contribution in [0.2, 0.25) is 0 Å². The molecule has 0 saturated heterocycles. The number of fused-ring (bicyclic) bond motifs is 3. The number of amidine groups is 1. The highest BCUT2D eigenvalue weighted by Gasteiger charge is 2.14. The van der Waals surface area contributed by atoms with Crippen LogP contribution in [0.1, 0.15) is 17.1 Å². The van der Waals surface area contributed by atoms with E-state index in [1.807, 2.05) is 22.9 Å². The summed E-state index contributed by atoms with van der Waals surface area (Å²) in [5.41, 5.74) is 17.9. The Bertz CT molecular complexity index is 1210. The van der Waals surface area contributed by atoms with Crippen molar-refractivity contribution in [3.63, 3.8) is 0 Å². The van der Waals surface area contributed by atoms with E-state index in [1.165, 1.54) is 0 Å². The van der Waals surface area contributed by atoms with E-state index in [-0.39, 0.29) is 5.84 Å². The number of benzene rings is 1. The Morgan fingerprint density at radius 1 is 1.32 bits per heavy atom. The molecule has 8 nitrogen and oxygen atoms in total. The van der Waals surface area contributed by atoms with Crippen molar-refractivity contribution in [3.8, 4) is 5.69 Å². The number of anilines is 2. The molecular formula is C19H18N8S. The third-order valence-corrected chi connectivity index (χ3v) is 5.34. The molecule has 0 bridgehead atoms. The summed E-state index contributed by atoms with van der Waals surface area (Å²) < 4.78 is 1.79. The van der Waals surface area contributed by atoms with Gasteiger partial charge in [-0.15, -0.1) is 0 Å². The summed E-state index contributed by atoms with van der Waals surface area (Å²) in [6.07, 6.45) is 5.83. The molecule has 0 unspecified atom stereocenters. The Labute approximate surface area is 164 Å². The van der Waals surface area contributed by atoms with Crippen molar-refractivity contribution in [2.24, 2.45) is 10.7 Å². The fraction of sp³-hybridized carbons (Fsp3) is 0.105. The van der Waals surface area contributed by atoms with Crippen molar-refractivity contribution >= 4 is 45.8 Å². The summed E-state index contributed by atoms with van der Waals surface area (Å²) in [5, 5.41) is 7.32. The molecule has 1 aliphatic heterocycles. The van der Waals surface area contributed by atoms with Crippen molar-refractivity contribution in [3.05, 3.63) is 58.4 Å². The minimum Gasteiger partial charge on any atom is -0.383 e. The Balaban J connectivity index is 1.43. The number of nitrogen functional groups attached to an aromatic ring is 1. The number of nitrogens with one attached hydrogen (secondary N) is 2. The molecule has 28 heavy (non-hydrogen) atoms. The van der Waals surface area contributed by atoms with Gasteiger partial charge in [-0.1, -0.05) is 12.2 Å². The number of hydrogen-bond acceptors (Lipinski definition) is 6. The monoisotopic (exact) mass is 390 g/mol. The quantitative estimate of drug-likeness (QED) is 0.315. The second-order valence-electron chi connectivity index (χ2n) is 6.42. The highest BCUT2D eigenvalue weighted by Crippen LogP contribution is 2.28. The lowest BCUT2D eigenvalue weighted by Crippen LogP contribution is -2.17. The summed E-state index contributed by atoms with van der Waals surface area (Å²) in [6.45, 7) is 1.15. The van der Waals surface area contributed by atoms with E-state index >= 15 is 0 Å².